The molecular weight excluding hydrogens is 366 g/mol. The molecule has 0 fully saturated rings. The van der Waals surface area contributed by atoms with Crippen molar-refractivity contribution in [1.29, 1.82) is 0 Å². The summed E-state index contributed by atoms with van der Waals surface area (Å²) >= 11 is 6.00. The van der Waals surface area contributed by atoms with Crippen molar-refractivity contribution >= 4 is 34.6 Å². The number of carbonyl (C=O) groups excluding carboxylic acids is 1. The molecule has 6 nitrogen and oxygen atoms in total. The summed E-state index contributed by atoms with van der Waals surface area (Å²) in [7, 11) is 0. The van der Waals surface area contributed by atoms with E-state index in [2.05, 4.69) is 4.99 Å². The summed E-state index contributed by atoms with van der Waals surface area (Å²) in [6.07, 6.45) is 4.02. The predicted octanol–water partition coefficient (Wildman–Crippen LogP) is 4.91. The second-order valence-corrected chi connectivity index (χ2v) is 6.83. The third-order valence-corrected chi connectivity index (χ3v) is 4.76. The van der Waals surface area contributed by atoms with E-state index in [9.17, 15) is 14.9 Å². The van der Waals surface area contributed by atoms with Gasteiger partial charge >= 0.3 is 0 Å². The lowest BCUT2D eigenvalue weighted by Crippen LogP contribution is -2.36. The van der Waals surface area contributed by atoms with E-state index in [1.165, 1.54) is 24.3 Å². The van der Waals surface area contributed by atoms with Crippen molar-refractivity contribution < 1.29 is 9.72 Å². The second-order valence-electron chi connectivity index (χ2n) is 6.40. The quantitative estimate of drug-likeness (QED) is 0.416. The topological polar surface area (TPSA) is 75.8 Å². The molecule has 0 saturated heterocycles. The van der Waals surface area contributed by atoms with Crippen LogP contribution in [0, 0.1) is 10.1 Å². The zero-order chi connectivity index (χ0) is 19.2. The number of halogens is 1. The van der Waals surface area contributed by atoms with E-state index in [0.717, 1.165) is 43.8 Å². The van der Waals surface area contributed by atoms with Crippen molar-refractivity contribution in [2.24, 2.45) is 4.99 Å². The molecule has 2 aromatic carbocycles. The van der Waals surface area contributed by atoms with Crippen LogP contribution in [-0.4, -0.2) is 29.6 Å². The second kappa shape index (κ2) is 8.77. The maximum Gasteiger partial charge on any atom is 0.269 e. The van der Waals surface area contributed by atoms with Crippen LogP contribution in [0.4, 0.5) is 11.4 Å². The monoisotopic (exact) mass is 385 g/mol. The van der Waals surface area contributed by atoms with Gasteiger partial charge in [-0.3, -0.25) is 19.9 Å². The van der Waals surface area contributed by atoms with E-state index in [0.29, 0.717) is 10.6 Å². The van der Waals surface area contributed by atoms with Gasteiger partial charge in [-0.25, -0.2) is 0 Å². The van der Waals surface area contributed by atoms with E-state index >= 15 is 0 Å². The van der Waals surface area contributed by atoms with Gasteiger partial charge in [-0.2, -0.15) is 0 Å². The Bertz CT molecular complexity index is 848. The molecule has 3 rings (SSSR count). The minimum atomic E-state index is -0.478. The van der Waals surface area contributed by atoms with Crippen molar-refractivity contribution in [1.82, 2.24) is 0 Å². The Morgan fingerprint density at radius 3 is 2.44 bits per heavy atom. The van der Waals surface area contributed by atoms with Crippen molar-refractivity contribution in [3.05, 3.63) is 69.2 Å². The number of hydrogen-bond acceptors (Lipinski definition) is 5. The fourth-order valence-electron chi connectivity index (χ4n) is 3.04. The first kappa shape index (κ1) is 19.0. The summed E-state index contributed by atoms with van der Waals surface area (Å²) in [6.45, 7) is 0.878. The molecule has 0 spiro atoms. The Labute approximate surface area is 162 Å². The average Bonchev–Trinajstić information content (AvgIpc) is 2.96. The highest BCUT2D eigenvalue weighted by Gasteiger charge is 2.20. The van der Waals surface area contributed by atoms with Gasteiger partial charge in [0.15, 0.2) is 5.78 Å². The Balaban J connectivity index is 1.85. The van der Waals surface area contributed by atoms with Crippen LogP contribution >= 0.6 is 11.6 Å². The SMILES string of the molecule is O=C(CN(C1=NCCCCC1)c1ccc(Cl)cc1)c1ccc([N+](=O)[O-])cc1. The number of benzene rings is 2. The molecule has 1 aliphatic heterocycles. The van der Waals surface area contributed by atoms with Crippen molar-refractivity contribution in [2.45, 2.75) is 25.7 Å². The first-order valence-electron chi connectivity index (χ1n) is 8.88. The molecule has 0 saturated carbocycles. The molecule has 2 aromatic rings. The number of nitro groups is 1. The summed E-state index contributed by atoms with van der Waals surface area (Å²) in [6, 6.07) is 13.0. The van der Waals surface area contributed by atoms with Crippen LogP contribution in [0.1, 0.15) is 36.0 Å². The zero-order valence-corrected chi connectivity index (χ0v) is 15.6. The number of nitro benzene ring substituents is 1. The largest absolute Gasteiger partial charge is 0.322 e. The molecule has 1 heterocycles. The normalized spacial score (nSPS) is 14.2. The molecule has 140 valence electrons. The number of rotatable bonds is 5. The smallest absolute Gasteiger partial charge is 0.269 e. The molecule has 7 heteroatoms. The first-order chi connectivity index (χ1) is 13.0. The van der Waals surface area contributed by atoms with Crippen LogP contribution in [0.25, 0.3) is 0 Å². The molecule has 27 heavy (non-hydrogen) atoms. The lowest BCUT2D eigenvalue weighted by molar-refractivity contribution is -0.384. The van der Waals surface area contributed by atoms with Gasteiger partial charge in [0.05, 0.1) is 11.5 Å². The summed E-state index contributed by atoms with van der Waals surface area (Å²) in [5, 5.41) is 11.4. The van der Waals surface area contributed by atoms with Crippen molar-refractivity contribution in [3.8, 4) is 0 Å². The standard InChI is InChI=1S/C20H20ClN3O3/c21-16-7-11-17(12-8-16)23(20-4-2-1-3-13-22-20)14-19(25)15-5-9-18(10-6-15)24(26)27/h5-12H,1-4,13-14H2. The first-order valence-corrected chi connectivity index (χ1v) is 9.26. The van der Waals surface area contributed by atoms with Gasteiger partial charge in [0.2, 0.25) is 0 Å². The van der Waals surface area contributed by atoms with E-state index in [1.807, 2.05) is 17.0 Å². The highest BCUT2D eigenvalue weighted by molar-refractivity contribution is 6.30. The summed E-state index contributed by atoms with van der Waals surface area (Å²) < 4.78 is 0. The van der Waals surface area contributed by atoms with Gasteiger partial charge in [-0.1, -0.05) is 18.0 Å². The van der Waals surface area contributed by atoms with Gasteiger partial charge in [-0.05, 0) is 49.2 Å². The number of hydrogen-bond donors (Lipinski definition) is 0. The Morgan fingerprint density at radius 1 is 1.07 bits per heavy atom. The number of Topliss-reactive ketones (excluding diaryl/α,β-unsaturated/α-hetero) is 1. The minimum Gasteiger partial charge on any atom is -0.322 e. The summed E-state index contributed by atoms with van der Waals surface area (Å²) in [5.41, 5.74) is 1.26. The van der Waals surface area contributed by atoms with Crippen LogP contribution in [0.15, 0.2) is 53.5 Å². The number of nitrogens with zero attached hydrogens (tertiary/aromatic N) is 3. The fraction of sp³-hybridized carbons (Fsp3) is 0.300. The summed E-state index contributed by atoms with van der Waals surface area (Å²) in [4.78, 5) is 29.7. The lowest BCUT2D eigenvalue weighted by Gasteiger charge is -2.25. The van der Waals surface area contributed by atoms with Crippen LogP contribution in [0.5, 0.6) is 0 Å². The molecule has 0 N–H and O–H groups in total. The molecule has 0 unspecified atom stereocenters. The number of carbonyl (C=O) groups is 1. The van der Waals surface area contributed by atoms with Gasteiger partial charge in [-0.15, -0.1) is 0 Å². The van der Waals surface area contributed by atoms with Gasteiger partial charge < -0.3 is 4.90 Å². The molecule has 0 atom stereocenters. The zero-order valence-electron chi connectivity index (χ0n) is 14.8. The highest BCUT2D eigenvalue weighted by atomic mass is 35.5. The number of ketones is 1. The highest BCUT2D eigenvalue weighted by Crippen LogP contribution is 2.22. The van der Waals surface area contributed by atoms with Crippen molar-refractivity contribution in [3.63, 3.8) is 0 Å². The average molecular weight is 386 g/mol. The molecule has 0 aromatic heterocycles. The number of aliphatic imine (C=N–C) groups is 1. The van der Waals surface area contributed by atoms with E-state index in [1.54, 1.807) is 12.1 Å². The van der Waals surface area contributed by atoms with Gasteiger partial charge in [0.25, 0.3) is 5.69 Å². The number of non-ortho nitro benzene ring substituents is 1. The van der Waals surface area contributed by atoms with E-state index < -0.39 is 4.92 Å². The van der Waals surface area contributed by atoms with Crippen LogP contribution in [0.3, 0.4) is 0 Å². The Hall–Kier alpha value is -2.73. The molecule has 0 aliphatic carbocycles. The fourth-order valence-corrected chi connectivity index (χ4v) is 3.16. The maximum absolute atomic E-state index is 12.8. The number of anilines is 1. The maximum atomic E-state index is 12.8. The summed E-state index contributed by atoms with van der Waals surface area (Å²) in [5.74, 6) is 0.775. The molecule has 1 aliphatic rings. The van der Waals surface area contributed by atoms with Crippen LogP contribution in [-0.2, 0) is 0 Å². The molecule has 0 amide bonds. The molecule has 0 bridgehead atoms. The van der Waals surface area contributed by atoms with E-state index in [-0.39, 0.29) is 18.0 Å². The molecular formula is C20H20ClN3O3. The predicted molar refractivity (Wildman–Crippen MR) is 107 cm³/mol. The molecule has 0 radical (unpaired) electrons. The van der Waals surface area contributed by atoms with Crippen LogP contribution < -0.4 is 4.90 Å². The van der Waals surface area contributed by atoms with Crippen LogP contribution in [0.2, 0.25) is 5.02 Å². The third kappa shape index (κ3) is 4.92. The van der Waals surface area contributed by atoms with Gasteiger partial charge in [0, 0.05) is 41.4 Å². The number of amidine groups is 1. The third-order valence-electron chi connectivity index (χ3n) is 4.50. The lowest BCUT2D eigenvalue weighted by atomic mass is 10.1. The van der Waals surface area contributed by atoms with E-state index in [4.69, 9.17) is 11.6 Å². The van der Waals surface area contributed by atoms with Gasteiger partial charge in [0.1, 0.15) is 5.84 Å². The Morgan fingerprint density at radius 2 is 1.78 bits per heavy atom. The minimum absolute atomic E-state index is 0.0331. The Kier molecular flexibility index (Phi) is 6.19. The van der Waals surface area contributed by atoms with Crippen molar-refractivity contribution in [2.75, 3.05) is 18.0 Å².